The van der Waals surface area contributed by atoms with E-state index in [1.807, 2.05) is 6.07 Å². The first-order chi connectivity index (χ1) is 18.1. The van der Waals surface area contributed by atoms with E-state index >= 15 is 0 Å². The molecule has 0 saturated heterocycles. The van der Waals surface area contributed by atoms with Crippen LogP contribution < -0.4 is 0 Å². The second kappa shape index (κ2) is 23.3. The van der Waals surface area contributed by atoms with Gasteiger partial charge in [-0.25, -0.2) is 19.4 Å². The van der Waals surface area contributed by atoms with E-state index < -0.39 is 5.97 Å². The Kier molecular flexibility index (Phi) is 20.9. The van der Waals surface area contributed by atoms with Gasteiger partial charge in [0.05, 0.1) is 11.5 Å². The second-order valence-corrected chi connectivity index (χ2v) is 10.8. The highest BCUT2D eigenvalue weighted by molar-refractivity contribution is 5.89. The third kappa shape index (κ3) is 16.6. The Morgan fingerprint density at radius 2 is 1.05 bits per heavy atom. The summed E-state index contributed by atoms with van der Waals surface area (Å²) in [5.41, 5.74) is 0.383. The molecule has 4 nitrogen and oxygen atoms in total. The van der Waals surface area contributed by atoms with Gasteiger partial charge in [-0.1, -0.05) is 155 Å². The Bertz CT molecular complexity index is 672. The summed E-state index contributed by atoms with van der Waals surface area (Å²) in [5.74, 6) is -0.940. The molecular formula is C33H56O4. The average Bonchev–Trinajstić information content (AvgIpc) is 2.93. The molecule has 212 valence electrons. The number of hydrogen-bond donors (Lipinski definition) is 0. The topological polar surface area (TPSA) is 52.6 Å². The van der Waals surface area contributed by atoms with Crippen LogP contribution >= 0.6 is 0 Å². The lowest BCUT2D eigenvalue weighted by molar-refractivity contribution is -0.240. The van der Waals surface area contributed by atoms with Gasteiger partial charge < -0.3 is 0 Å². The molecule has 0 aliphatic rings. The zero-order valence-electron chi connectivity index (χ0n) is 24.3. The fourth-order valence-electron chi connectivity index (χ4n) is 5.21. The van der Waals surface area contributed by atoms with Crippen molar-refractivity contribution in [2.75, 3.05) is 0 Å². The summed E-state index contributed by atoms with van der Waals surface area (Å²) >= 11 is 0. The van der Waals surface area contributed by atoms with Gasteiger partial charge in [0.1, 0.15) is 0 Å². The SMILES string of the molecule is CCCCCCCCCCCCCCCCC(C(=O)OOC(=O)c1ccccc1)C(CC)CCCCC. The van der Waals surface area contributed by atoms with E-state index in [1.54, 1.807) is 24.3 Å². The molecule has 1 aromatic carbocycles. The molecule has 0 aliphatic carbocycles. The zero-order chi connectivity index (χ0) is 27.0. The van der Waals surface area contributed by atoms with Crippen molar-refractivity contribution < 1.29 is 19.4 Å². The molecule has 0 heterocycles. The Morgan fingerprint density at radius 3 is 1.57 bits per heavy atom. The van der Waals surface area contributed by atoms with Crippen LogP contribution in [-0.2, 0) is 14.6 Å². The summed E-state index contributed by atoms with van der Waals surface area (Å²) in [7, 11) is 0. The molecule has 0 fully saturated rings. The number of unbranched alkanes of at least 4 members (excludes halogenated alkanes) is 15. The van der Waals surface area contributed by atoms with Gasteiger partial charge in [0.2, 0.25) is 0 Å². The number of carbonyl (C=O) groups excluding carboxylic acids is 2. The van der Waals surface area contributed by atoms with Crippen LogP contribution in [0.1, 0.15) is 160 Å². The number of carbonyl (C=O) groups is 2. The van der Waals surface area contributed by atoms with Gasteiger partial charge in [0.15, 0.2) is 0 Å². The summed E-state index contributed by atoms with van der Waals surface area (Å²) in [5, 5.41) is 0. The summed E-state index contributed by atoms with van der Waals surface area (Å²) < 4.78 is 0. The lowest BCUT2D eigenvalue weighted by Gasteiger charge is -2.24. The summed E-state index contributed by atoms with van der Waals surface area (Å²) in [4.78, 5) is 35.2. The van der Waals surface area contributed by atoms with Crippen molar-refractivity contribution >= 4 is 11.9 Å². The Morgan fingerprint density at radius 1 is 0.595 bits per heavy atom. The van der Waals surface area contributed by atoms with Crippen molar-refractivity contribution in [2.45, 2.75) is 149 Å². The maximum absolute atomic E-state index is 13.0. The van der Waals surface area contributed by atoms with Gasteiger partial charge in [-0.15, -0.1) is 0 Å². The minimum Gasteiger partial charge on any atom is -0.247 e. The molecule has 0 amide bonds. The minimum absolute atomic E-state index is 0.206. The standard InChI is InChI=1S/C33H56O4/c1-4-7-9-10-11-12-13-14-15-16-17-18-19-24-28-31(29(6-3)25-21-8-5-2)33(35)37-36-32(34)30-26-22-20-23-27-30/h20,22-23,26-27,29,31H,4-19,21,24-25,28H2,1-3H3. The summed E-state index contributed by atoms with van der Waals surface area (Å²) in [6.45, 7) is 6.62. The van der Waals surface area contributed by atoms with Crippen molar-refractivity contribution in [1.82, 2.24) is 0 Å². The third-order valence-corrected chi connectivity index (χ3v) is 7.65. The van der Waals surface area contributed by atoms with Crippen molar-refractivity contribution in [1.29, 1.82) is 0 Å². The zero-order valence-corrected chi connectivity index (χ0v) is 24.3. The molecule has 37 heavy (non-hydrogen) atoms. The molecule has 0 bridgehead atoms. The smallest absolute Gasteiger partial charge is 0.247 e. The Balaban J connectivity index is 2.33. The first-order valence-electron chi connectivity index (χ1n) is 15.6. The fraction of sp³-hybridized carbons (Fsp3) is 0.758. The molecule has 0 radical (unpaired) electrons. The van der Waals surface area contributed by atoms with Crippen molar-refractivity contribution in [3.63, 3.8) is 0 Å². The van der Waals surface area contributed by atoms with Crippen LogP contribution in [0.4, 0.5) is 0 Å². The van der Waals surface area contributed by atoms with Crippen LogP contribution in [0, 0.1) is 11.8 Å². The maximum atomic E-state index is 13.0. The van der Waals surface area contributed by atoms with Crippen LogP contribution in [0.25, 0.3) is 0 Å². The lowest BCUT2D eigenvalue weighted by Crippen LogP contribution is -2.27. The molecule has 0 spiro atoms. The molecule has 0 N–H and O–H groups in total. The quantitative estimate of drug-likeness (QED) is 0.0824. The maximum Gasteiger partial charge on any atom is 0.386 e. The van der Waals surface area contributed by atoms with Crippen LogP contribution in [-0.4, -0.2) is 11.9 Å². The molecule has 1 rings (SSSR count). The van der Waals surface area contributed by atoms with E-state index in [2.05, 4.69) is 20.8 Å². The van der Waals surface area contributed by atoms with Gasteiger partial charge >= 0.3 is 11.9 Å². The van der Waals surface area contributed by atoms with Crippen LogP contribution in [0.5, 0.6) is 0 Å². The van der Waals surface area contributed by atoms with E-state index in [9.17, 15) is 9.59 Å². The minimum atomic E-state index is -0.622. The summed E-state index contributed by atoms with van der Waals surface area (Å²) in [6, 6.07) is 8.66. The van der Waals surface area contributed by atoms with Crippen molar-refractivity contribution in [3.8, 4) is 0 Å². The van der Waals surface area contributed by atoms with E-state index in [0.717, 1.165) is 38.5 Å². The van der Waals surface area contributed by atoms with Crippen molar-refractivity contribution in [2.24, 2.45) is 11.8 Å². The molecule has 0 saturated carbocycles. The fourth-order valence-corrected chi connectivity index (χ4v) is 5.21. The highest BCUT2D eigenvalue weighted by Gasteiger charge is 2.29. The summed E-state index contributed by atoms with van der Waals surface area (Å²) in [6.07, 6.45) is 24.7. The monoisotopic (exact) mass is 516 g/mol. The highest BCUT2D eigenvalue weighted by atomic mass is 17.2. The Hall–Kier alpha value is -1.84. The van der Waals surface area contributed by atoms with Gasteiger partial charge in [0.25, 0.3) is 0 Å². The number of rotatable bonds is 23. The van der Waals surface area contributed by atoms with Gasteiger partial charge in [-0.05, 0) is 30.9 Å². The Labute approximate surface area is 228 Å². The van der Waals surface area contributed by atoms with E-state index in [4.69, 9.17) is 9.78 Å². The number of hydrogen-bond acceptors (Lipinski definition) is 4. The average molecular weight is 517 g/mol. The molecular weight excluding hydrogens is 460 g/mol. The van der Waals surface area contributed by atoms with E-state index in [0.29, 0.717) is 5.56 Å². The first-order valence-corrected chi connectivity index (χ1v) is 15.6. The van der Waals surface area contributed by atoms with E-state index in [-0.39, 0.29) is 17.8 Å². The van der Waals surface area contributed by atoms with Crippen LogP contribution in [0.15, 0.2) is 30.3 Å². The predicted octanol–water partition coefficient (Wildman–Crippen LogP) is 10.4. The van der Waals surface area contributed by atoms with Gasteiger partial charge in [-0.2, -0.15) is 0 Å². The lowest BCUT2D eigenvalue weighted by atomic mass is 9.82. The molecule has 2 unspecified atom stereocenters. The molecule has 0 aromatic heterocycles. The molecule has 1 aromatic rings. The van der Waals surface area contributed by atoms with Crippen LogP contribution in [0.3, 0.4) is 0 Å². The molecule has 4 heteroatoms. The molecule has 0 aliphatic heterocycles. The van der Waals surface area contributed by atoms with Crippen molar-refractivity contribution in [3.05, 3.63) is 35.9 Å². The highest BCUT2D eigenvalue weighted by Crippen LogP contribution is 2.29. The predicted molar refractivity (Wildman–Crippen MR) is 154 cm³/mol. The largest absolute Gasteiger partial charge is 0.386 e. The molecule has 2 atom stereocenters. The first kappa shape index (κ1) is 33.2. The van der Waals surface area contributed by atoms with E-state index in [1.165, 1.54) is 89.9 Å². The number of benzene rings is 1. The van der Waals surface area contributed by atoms with Gasteiger partial charge in [-0.3, -0.25) is 0 Å². The second-order valence-electron chi connectivity index (χ2n) is 10.8. The third-order valence-electron chi connectivity index (χ3n) is 7.65. The van der Waals surface area contributed by atoms with Crippen LogP contribution in [0.2, 0.25) is 0 Å². The van der Waals surface area contributed by atoms with Gasteiger partial charge in [0, 0.05) is 0 Å². The normalized spacial score (nSPS) is 12.7.